The Bertz CT molecular complexity index is 872. The number of aromatic nitrogens is 2. The maximum atomic E-state index is 11.8. The third-order valence-electron chi connectivity index (χ3n) is 5.44. The van der Waals surface area contributed by atoms with Crippen molar-refractivity contribution in [2.24, 2.45) is 0 Å². The molecule has 6 heteroatoms. The van der Waals surface area contributed by atoms with Crippen LogP contribution in [0.25, 0.3) is 0 Å². The Morgan fingerprint density at radius 1 is 0.889 bits per heavy atom. The molecule has 27 heavy (non-hydrogen) atoms. The first kappa shape index (κ1) is 19.4. The summed E-state index contributed by atoms with van der Waals surface area (Å²) in [5.74, 6) is 0. The van der Waals surface area contributed by atoms with Crippen molar-refractivity contribution in [3.63, 3.8) is 0 Å². The lowest BCUT2D eigenvalue weighted by molar-refractivity contribution is 0.251. The number of nitrogens with one attached hydrogen (secondary N) is 1. The molecule has 3 rings (SSSR count). The van der Waals surface area contributed by atoms with E-state index >= 15 is 0 Å². The minimum Gasteiger partial charge on any atom is -0.369 e. The van der Waals surface area contributed by atoms with E-state index < -0.39 is 0 Å². The van der Waals surface area contributed by atoms with Crippen LogP contribution >= 0.6 is 0 Å². The van der Waals surface area contributed by atoms with Crippen LogP contribution in [0.2, 0.25) is 0 Å². The number of anilines is 1. The van der Waals surface area contributed by atoms with Crippen molar-refractivity contribution in [3.8, 4) is 0 Å². The van der Waals surface area contributed by atoms with Gasteiger partial charge in [-0.05, 0) is 51.3 Å². The van der Waals surface area contributed by atoms with Crippen LogP contribution in [0.1, 0.15) is 29.5 Å². The first-order valence-corrected chi connectivity index (χ1v) is 9.79. The molecular weight excluding hydrogens is 340 g/mol. The number of nitrogens with zero attached hydrogens (tertiary/aromatic N) is 3. The lowest BCUT2D eigenvalue weighted by Crippen LogP contribution is -2.47. The van der Waals surface area contributed by atoms with Crippen molar-refractivity contribution in [3.05, 3.63) is 61.9 Å². The second-order valence-electron chi connectivity index (χ2n) is 7.54. The molecule has 1 saturated heterocycles. The molecule has 1 aromatic carbocycles. The quantitative estimate of drug-likeness (QED) is 0.791. The molecule has 0 radical (unpaired) electrons. The van der Waals surface area contributed by atoms with Gasteiger partial charge in [-0.15, -0.1) is 0 Å². The first-order chi connectivity index (χ1) is 13.0. The molecule has 0 unspecified atom stereocenters. The van der Waals surface area contributed by atoms with Crippen molar-refractivity contribution in [2.75, 3.05) is 37.6 Å². The van der Waals surface area contributed by atoms with Gasteiger partial charge in [0.2, 0.25) is 0 Å². The maximum absolute atomic E-state index is 11.8. The Kier molecular flexibility index (Phi) is 6.16. The van der Waals surface area contributed by atoms with Gasteiger partial charge in [-0.25, -0.2) is 4.79 Å². The summed E-state index contributed by atoms with van der Waals surface area (Å²) in [7, 11) is 0. The van der Waals surface area contributed by atoms with Gasteiger partial charge in [-0.2, -0.15) is 0 Å². The van der Waals surface area contributed by atoms with Crippen molar-refractivity contribution in [1.29, 1.82) is 0 Å². The van der Waals surface area contributed by atoms with Crippen LogP contribution in [0.3, 0.4) is 0 Å². The van der Waals surface area contributed by atoms with E-state index in [1.807, 2.05) is 0 Å². The van der Waals surface area contributed by atoms with E-state index in [1.54, 1.807) is 17.7 Å². The number of hydrogen-bond donors (Lipinski definition) is 1. The number of aryl methyl sites for hydroxylation is 4. The molecule has 0 saturated carbocycles. The molecule has 0 spiro atoms. The van der Waals surface area contributed by atoms with Gasteiger partial charge in [0, 0.05) is 50.2 Å². The number of H-pyrrole nitrogens is 1. The summed E-state index contributed by atoms with van der Waals surface area (Å²) in [6.07, 6.45) is 3.64. The number of piperazine rings is 1. The molecule has 1 aliphatic heterocycles. The van der Waals surface area contributed by atoms with Gasteiger partial charge in [0.15, 0.2) is 0 Å². The average Bonchev–Trinajstić information content (AvgIpc) is 2.64. The van der Waals surface area contributed by atoms with Crippen LogP contribution in [-0.2, 0) is 6.54 Å². The highest BCUT2D eigenvalue weighted by Crippen LogP contribution is 2.25. The van der Waals surface area contributed by atoms with Crippen LogP contribution < -0.4 is 16.1 Å². The summed E-state index contributed by atoms with van der Waals surface area (Å²) in [4.78, 5) is 30.6. The van der Waals surface area contributed by atoms with Crippen molar-refractivity contribution in [2.45, 2.75) is 40.2 Å². The van der Waals surface area contributed by atoms with Crippen LogP contribution in [-0.4, -0.2) is 47.2 Å². The highest BCUT2D eigenvalue weighted by molar-refractivity contribution is 5.59. The van der Waals surface area contributed by atoms with E-state index in [-0.39, 0.29) is 11.2 Å². The molecule has 1 N–H and O–H groups in total. The third kappa shape index (κ3) is 4.69. The summed E-state index contributed by atoms with van der Waals surface area (Å²) in [5, 5.41) is 0. The standard InChI is InChI=1S/C21H30N4O2/c1-16-7-6-8-17(2)19(16)24-13-11-23(12-14-24)9-4-5-10-25-15-18(3)20(26)22-21(25)27/h6-8,15H,4-5,9-14H2,1-3H3,(H,22,26,27). The molecule has 0 bridgehead atoms. The smallest absolute Gasteiger partial charge is 0.328 e. The zero-order valence-corrected chi connectivity index (χ0v) is 16.6. The predicted octanol–water partition coefficient (Wildman–Crippen LogP) is 2.06. The van der Waals surface area contributed by atoms with E-state index in [1.165, 1.54) is 16.8 Å². The monoisotopic (exact) mass is 370 g/mol. The predicted molar refractivity (Wildman–Crippen MR) is 110 cm³/mol. The van der Waals surface area contributed by atoms with E-state index in [4.69, 9.17) is 0 Å². The van der Waals surface area contributed by atoms with Crippen LogP contribution in [0.4, 0.5) is 5.69 Å². The topological polar surface area (TPSA) is 61.3 Å². The number of benzene rings is 1. The minimum absolute atomic E-state index is 0.294. The second kappa shape index (κ2) is 8.57. The molecule has 6 nitrogen and oxygen atoms in total. The van der Waals surface area contributed by atoms with Crippen molar-refractivity contribution >= 4 is 5.69 Å². The molecule has 0 aliphatic carbocycles. The SMILES string of the molecule is Cc1cccc(C)c1N1CCN(CCCCn2cc(C)c(=O)[nH]c2=O)CC1. The fourth-order valence-electron chi connectivity index (χ4n) is 3.90. The van der Waals surface area contributed by atoms with Gasteiger partial charge in [0.05, 0.1) is 0 Å². The van der Waals surface area contributed by atoms with Crippen molar-refractivity contribution in [1.82, 2.24) is 14.5 Å². The number of hydrogen-bond acceptors (Lipinski definition) is 4. The zero-order chi connectivity index (χ0) is 19.4. The van der Waals surface area contributed by atoms with Crippen LogP contribution in [0.15, 0.2) is 34.0 Å². The highest BCUT2D eigenvalue weighted by Gasteiger charge is 2.19. The Morgan fingerprint density at radius 2 is 1.52 bits per heavy atom. The summed E-state index contributed by atoms with van der Waals surface area (Å²) in [5.41, 5.74) is 4.07. The lowest BCUT2D eigenvalue weighted by atomic mass is 10.1. The molecule has 2 aromatic rings. The van der Waals surface area contributed by atoms with E-state index in [0.717, 1.165) is 45.6 Å². The molecule has 146 valence electrons. The summed E-state index contributed by atoms with van der Waals surface area (Å²) in [6.45, 7) is 12.1. The summed E-state index contributed by atoms with van der Waals surface area (Å²) >= 11 is 0. The van der Waals surface area contributed by atoms with Crippen molar-refractivity contribution < 1.29 is 0 Å². The molecule has 0 amide bonds. The molecular formula is C21H30N4O2. The highest BCUT2D eigenvalue weighted by atomic mass is 16.2. The van der Waals surface area contributed by atoms with Gasteiger partial charge in [0.25, 0.3) is 5.56 Å². The van der Waals surface area contributed by atoms with E-state index in [0.29, 0.717) is 12.1 Å². The molecule has 0 atom stereocenters. The largest absolute Gasteiger partial charge is 0.369 e. The molecule has 1 aliphatic rings. The fourth-order valence-corrected chi connectivity index (χ4v) is 3.90. The van der Waals surface area contributed by atoms with Gasteiger partial charge in [-0.3, -0.25) is 14.7 Å². The Morgan fingerprint density at radius 3 is 2.19 bits per heavy atom. The van der Waals surface area contributed by atoms with E-state index in [2.05, 4.69) is 46.8 Å². The minimum atomic E-state index is -0.312. The third-order valence-corrected chi connectivity index (χ3v) is 5.44. The lowest BCUT2D eigenvalue weighted by Gasteiger charge is -2.37. The summed E-state index contributed by atoms with van der Waals surface area (Å²) in [6, 6.07) is 6.50. The Balaban J connectivity index is 1.45. The van der Waals surface area contributed by atoms with Crippen LogP contribution in [0.5, 0.6) is 0 Å². The normalized spacial score (nSPS) is 15.3. The zero-order valence-electron chi connectivity index (χ0n) is 16.6. The first-order valence-electron chi connectivity index (χ1n) is 9.79. The van der Waals surface area contributed by atoms with E-state index in [9.17, 15) is 9.59 Å². The Hall–Kier alpha value is -2.34. The second-order valence-corrected chi connectivity index (χ2v) is 7.54. The number of aromatic amines is 1. The molecule has 1 aromatic heterocycles. The molecule has 1 fully saturated rings. The number of para-hydroxylation sites is 1. The fraction of sp³-hybridized carbons (Fsp3) is 0.524. The van der Waals surface area contributed by atoms with Gasteiger partial charge < -0.3 is 9.47 Å². The van der Waals surface area contributed by atoms with Gasteiger partial charge in [-0.1, -0.05) is 18.2 Å². The number of unbranched alkanes of at least 4 members (excludes halogenated alkanes) is 1. The van der Waals surface area contributed by atoms with Gasteiger partial charge >= 0.3 is 5.69 Å². The Labute approximate surface area is 160 Å². The maximum Gasteiger partial charge on any atom is 0.328 e. The van der Waals surface area contributed by atoms with Gasteiger partial charge in [0.1, 0.15) is 0 Å². The average molecular weight is 370 g/mol. The summed E-state index contributed by atoms with van der Waals surface area (Å²) < 4.78 is 1.61. The molecule has 2 heterocycles. The van der Waals surface area contributed by atoms with Crippen LogP contribution in [0, 0.1) is 20.8 Å². The number of rotatable bonds is 6.